The summed E-state index contributed by atoms with van der Waals surface area (Å²) in [6.45, 7) is 1.69. The van der Waals surface area contributed by atoms with Crippen molar-refractivity contribution in [2.24, 2.45) is 0 Å². The first-order valence-corrected chi connectivity index (χ1v) is 7.33. The van der Waals surface area contributed by atoms with Gasteiger partial charge in [-0.2, -0.15) is 0 Å². The lowest BCUT2D eigenvalue weighted by Gasteiger charge is -2.02. The van der Waals surface area contributed by atoms with Gasteiger partial charge < -0.3 is 9.88 Å². The van der Waals surface area contributed by atoms with Crippen LogP contribution in [-0.2, 0) is 13.1 Å². The zero-order chi connectivity index (χ0) is 13.2. The van der Waals surface area contributed by atoms with Crippen molar-refractivity contribution in [3.05, 3.63) is 51.6 Å². The van der Waals surface area contributed by atoms with Crippen LogP contribution in [0.4, 0.5) is 0 Å². The molecule has 3 aromatic rings. The fraction of sp³-hybridized carbons (Fsp3) is 0.214. The molecule has 19 heavy (non-hydrogen) atoms. The van der Waals surface area contributed by atoms with E-state index in [-0.39, 0.29) is 0 Å². The molecule has 0 fully saturated rings. The molecule has 0 bridgehead atoms. The summed E-state index contributed by atoms with van der Waals surface area (Å²) in [5.41, 5.74) is 4.33. The highest BCUT2D eigenvalue weighted by atomic mass is 35.5. The zero-order valence-electron chi connectivity index (χ0n) is 10.6. The Hall–Kier alpha value is -1.36. The van der Waals surface area contributed by atoms with Crippen LogP contribution >= 0.6 is 22.9 Å². The molecular weight excluding hydrogens is 278 g/mol. The number of fused-ring (bicyclic) bond motifs is 1. The standard InChI is InChI=1S/C14H14ClN3S/c1-16-5-10-7-18(8-12-6-17-9-19-12)14-4-11(15)2-3-13(10)14/h2-4,6-7,9,16H,5,8H2,1H3. The van der Waals surface area contributed by atoms with Crippen LogP contribution in [0.5, 0.6) is 0 Å². The first kappa shape index (κ1) is 12.7. The second kappa shape index (κ2) is 5.33. The van der Waals surface area contributed by atoms with E-state index >= 15 is 0 Å². The summed E-state index contributed by atoms with van der Waals surface area (Å²) in [6.07, 6.45) is 4.11. The highest BCUT2D eigenvalue weighted by molar-refractivity contribution is 7.09. The van der Waals surface area contributed by atoms with E-state index in [0.29, 0.717) is 0 Å². The Kier molecular flexibility index (Phi) is 3.55. The predicted octanol–water partition coefficient (Wildman–Crippen LogP) is 3.52. The average molecular weight is 292 g/mol. The van der Waals surface area contributed by atoms with Crippen molar-refractivity contribution in [3.63, 3.8) is 0 Å². The molecule has 2 heterocycles. The molecule has 3 rings (SSSR count). The Balaban J connectivity index is 2.09. The van der Waals surface area contributed by atoms with Gasteiger partial charge in [0.25, 0.3) is 0 Å². The van der Waals surface area contributed by atoms with Crippen molar-refractivity contribution in [3.8, 4) is 0 Å². The highest BCUT2D eigenvalue weighted by Gasteiger charge is 2.09. The number of nitrogens with one attached hydrogen (secondary N) is 1. The quantitative estimate of drug-likeness (QED) is 0.797. The Morgan fingerprint density at radius 1 is 1.42 bits per heavy atom. The van der Waals surface area contributed by atoms with E-state index in [1.54, 1.807) is 11.3 Å². The number of rotatable bonds is 4. The number of nitrogens with zero attached hydrogens (tertiary/aromatic N) is 2. The summed E-state index contributed by atoms with van der Waals surface area (Å²) in [6, 6.07) is 6.06. The van der Waals surface area contributed by atoms with Gasteiger partial charge in [-0.15, -0.1) is 11.3 Å². The van der Waals surface area contributed by atoms with Crippen molar-refractivity contribution in [2.75, 3.05) is 7.05 Å². The third kappa shape index (κ3) is 2.52. The van der Waals surface area contributed by atoms with E-state index in [4.69, 9.17) is 11.6 Å². The molecule has 5 heteroatoms. The summed E-state index contributed by atoms with van der Waals surface area (Å²) < 4.78 is 2.24. The fourth-order valence-electron chi connectivity index (χ4n) is 2.29. The maximum absolute atomic E-state index is 6.12. The van der Waals surface area contributed by atoms with Crippen LogP contribution < -0.4 is 5.32 Å². The lowest BCUT2D eigenvalue weighted by molar-refractivity contribution is 0.799. The zero-order valence-corrected chi connectivity index (χ0v) is 12.1. The molecule has 0 spiro atoms. The molecule has 1 aromatic carbocycles. The van der Waals surface area contributed by atoms with E-state index in [9.17, 15) is 0 Å². The highest BCUT2D eigenvalue weighted by Crippen LogP contribution is 2.26. The number of benzene rings is 1. The van der Waals surface area contributed by atoms with Crippen LogP contribution in [0.3, 0.4) is 0 Å². The molecule has 0 saturated carbocycles. The van der Waals surface area contributed by atoms with Gasteiger partial charge in [0.1, 0.15) is 0 Å². The topological polar surface area (TPSA) is 29.9 Å². The predicted molar refractivity (Wildman–Crippen MR) is 80.9 cm³/mol. The molecule has 0 aliphatic rings. The van der Waals surface area contributed by atoms with Crippen molar-refractivity contribution >= 4 is 33.8 Å². The minimum Gasteiger partial charge on any atom is -0.342 e. The molecule has 0 atom stereocenters. The molecule has 98 valence electrons. The van der Waals surface area contributed by atoms with Gasteiger partial charge in [0.15, 0.2) is 0 Å². The Morgan fingerprint density at radius 2 is 2.32 bits per heavy atom. The fourth-order valence-corrected chi connectivity index (χ4v) is 3.05. The van der Waals surface area contributed by atoms with E-state index in [1.165, 1.54) is 21.3 Å². The summed E-state index contributed by atoms with van der Waals surface area (Å²) in [7, 11) is 1.96. The molecule has 0 unspecified atom stereocenters. The van der Waals surface area contributed by atoms with Crippen molar-refractivity contribution in [1.82, 2.24) is 14.9 Å². The van der Waals surface area contributed by atoms with Crippen molar-refractivity contribution in [2.45, 2.75) is 13.1 Å². The Morgan fingerprint density at radius 3 is 3.05 bits per heavy atom. The number of hydrogen-bond donors (Lipinski definition) is 1. The minimum atomic E-state index is 0.771. The van der Waals surface area contributed by atoms with Gasteiger partial charge in [-0.25, -0.2) is 0 Å². The largest absolute Gasteiger partial charge is 0.342 e. The van der Waals surface area contributed by atoms with E-state index in [1.807, 2.05) is 30.9 Å². The van der Waals surface area contributed by atoms with Gasteiger partial charge >= 0.3 is 0 Å². The molecule has 0 aliphatic heterocycles. The summed E-state index contributed by atoms with van der Waals surface area (Å²) in [5.74, 6) is 0. The summed E-state index contributed by atoms with van der Waals surface area (Å²) >= 11 is 7.79. The first-order valence-electron chi connectivity index (χ1n) is 6.07. The normalized spacial score (nSPS) is 11.3. The first-order chi connectivity index (χ1) is 9.28. The Bertz CT molecular complexity index is 688. The smallest absolute Gasteiger partial charge is 0.0794 e. The third-order valence-electron chi connectivity index (χ3n) is 3.10. The van der Waals surface area contributed by atoms with Crippen molar-refractivity contribution in [1.29, 1.82) is 0 Å². The maximum atomic E-state index is 6.12. The molecular formula is C14H14ClN3S. The molecule has 0 aliphatic carbocycles. The van der Waals surface area contributed by atoms with Crippen LogP contribution in [0.25, 0.3) is 10.9 Å². The molecule has 0 radical (unpaired) electrons. The van der Waals surface area contributed by atoms with Crippen LogP contribution in [0, 0.1) is 0 Å². The SMILES string of the molecule is CNCc1cn(Cc2cncs2)c2cc(Cl)ccc12. The van der Waals surface area contributed by atoms with Crippen molar-refractivity contribution < 1.29 is 0 Å². The third-order valence-corrected chi connectivity index (χ3v) is 4.10. The Labute approximate surface area is 120 Å². The summed E-state index contributed by atoms with van der Waals surface area (Å²) in [5, 5.41) is 5.23. The summed E-state index contributed by atoms with van der Waals surface area (Å²) in [4.78, 5) is 5.37. The molecule has 2 aromatic heterocycles. The average Bonchev–Trinajstić information content (AvgIpc) is 3.00. The van der Waals surface area contributed by atoms with Crippen LogP contribution in [0.15, 0.2) is 36.1 Å². The minimum absolute atomic E-state index is 0.771. The lowest BCUT2D eigenvalue weighted by Crippen LogP contribution is -2.04. The van der Waals surface area contributed by atoms with E-state index in [0.717, 1.165) is 18.1 Å². The van der Waals surface area contributed by atoms with Gasteiger partial charge in [0.05, 0.1) is 17.6 Å². The van der Waals surface area contributed by atoms with Gasteiger partial charge in [-0.05, 0) is 24.7 Å². The number of aromatic nitrogens is 2. The lowest BCUT2D eigenvalue weighted by atomic mass is 10.2. The van der Waals surface area contributed by atoms with E-state index < -0.39 is 0 Å². The maximum Gasteiger partial charge on any atom is 0.0794 e. The van der Waals surface area contributed by atoms with E-state index in [2.05, 4.69) is 27.1 Å². The van der Waals surface area contributed by atoms with Gasteiger partial charge in [-0.1, -0.05) is 17.7 Å². The number of halogens is 1. The van der Waals surface area contributed by atoms with Crippen LogP contribution in [0.2, 0.25) is 5.02 Å². The number of thiazole rings is 1. The van der Waals surface area contributed by atoms with Gasteiger partial charge in [0, 0.05) is 34.2 Å². The molecule has 3 nitrogen and oxygen atoms in total. The van der Waals surface area contributed by atoms with Crippen LogP contribution in [-0.4, -0.2) is 16.6 Å². The molecule has 1 N–H and O–H groups in total. The second-order valence-corrected chi connectivity index (χ2v) is 5.85. The monoisotopic (exact) mass is 291 g/mol. The van der Waals surface area contributed by atoms with Gasteiger partial charge in [-0.3, -0.25) is 4.98 Å². The second-order valence-electron chi connectivity index (χ2n) is 4.44. The molecule has 0 saturated heterocycles. The van der Waals surface area contributed by atoms with Crippen LogP contribution in [0.1, 0.15) is 10.4 Å². The molecule has 0 amide bonds. The number of hydrogen-bond acceptors (Lipinski definition) is 3. The van der Waals surface area contributed by atoms with Gasteiger partial charge in [0.2, 0.25) is 0 Å².